The number of aryl methyl sites for hydroxylation is 2. The van der Waals surface area contributed by atoms with E-state index >= 15 is 0 Å². The molecule has 4 nitrogen and oxygen atoms in total. The zero-order valence-electron chi connectivity index (χ0n) is 9.30. The summed E-state index contributed by atoms with van der Waals surface area (Å²) in [6.45, 7) is 2.20. The van der Waals surface area contributed by atoms with Crippen molar-refractivity contribution in [1.82, 2.24) is 0 Å². The van der Waals surface area contributed by atoms with E-state index < -0.39 is 10.1 Å². The molecule has 5 heteroatoms. The predicted octanol–water partition coefficient (Wildman–Crippen LogP) is 0.625. The largest absolute Gasteiger partial charge is 0.748 e. The lowest BCUT2D eigenvalue weighted by atomic mass is 10.2. The average Bonchev–Trinajstić information content (AvgIpc) is 2.06. The van der Waals surface area contributed by atoms with Crippen molar-refractivity contribution in [3.63, 3.8) is 0 Å². The molecule has 1 rings (SSSR count). The molecule has 0 unspecified atom stereocenters. The molecule has 0 aromatic carbocycles. The quantitative estimate of drug-likeness (QED) is 0.554. The molecule has 0 atom stereocenters. The standard InChI is InChI=1S/C9H14N.CH4O3S/c1-3-6-9-7-4-5-8-10(9)2;1-5(2,3)4/h4-5,7-8H,3,6H2,1-2H3;1H3,(H,2,3,4)/q+1;/p-1. The Morgan fingerprint density at radius 3 is 2.33 bits per heavy atom. The van der Waals surface area contributed by atoms with Crippen LogP contribution in [0.25, 0.3) is 0 Å². The highest BCUT2D eigenvalue weighted by molar-refractivity contribution is 7.84. The Morgan fingerprint density at radius 1 is 1.40 bits per heavy atom. The van der Waals surface area contributed by atoms with Crippen molar-refractivity contribution >= 4 is 10.1 Å². The van der Waals surface area contributed by atoms with E-state index in [2.05, 4.69) is 42.9 Å². The first kappa shape index (κ1) is 14.1. The van der Waals surface area contributed by atoms with Gasteiger partial charge in [-0.25, -0.2) is 13.0 Å². The van der Waals surface area contributed by atoms with Crippen molar-refractivity contribution in [3.05, 3.63) is 30.1 Å². The highest BCUT2D eigenvalue weighted by atomic mass is 32.2. The molecule has 0 saturated heterocycles. The molecule has 1 aromatic rings. The van der Waals surface area contributed by atoms with Crippen LogP contribution in [0.15, 0.2) is 24.4 Å². The van der Waals surface area contributed by atoms with Gasteiger partial charge in [-0.2, -0.15) is 0 Å². The van der Waals surface area contributed by atoms with Gasteiger partial charge in [-0.15, -0.1) is 0 Å². The SMILES string of the molecule is CCCc1cccc[n+]1C.CS(=O)(=O)[O-]. The molecule has 0 saturated carbocycles. The Hall–Kier alpha value is -0.940. The van der Waals surface area contributed by atoms with Crippen LogP contribution in [0.5, 0.6) is 0 Å². The second-order valence-corrected chi connectivity index (χ2v) is 4.67. The Kier molecular flexibility index (Phi) is 6.12. The molecule has 0 spiro atoms. The molecule has 0 fully saturated rings. The highest BCUT2D eigenvalue weighted by Crippen LogP contribution is 1.94. The highest BCUT2D eigenvalue weighted by Gasteiger charge is 2.00. The van der Waals surface area contributed by atoms with Crippen LogP contribution in [0, 0.1) is 0 Å². The Morgan fingerprint density at radius 2 is 1.93 bits per heavy atom. The van der Waals surface area contributed by atoms with Crippen LogP contribution in [-0.2, 0) is 23.6 Å². The van der Waals surface area contributed by atoms with Gasteiger partial charge in [0.2, 0.25) is 0 Å². The fourth-order valence-electron chi connectivity index (χ4n) is 1.07. The molecule has 15 heavy (non-hydrogen) atoms. The van der Waals surface area contributed by atoms with Crippen LogP contribution in [0.3, 0.4) is 0 Å². The first-order valence-electron chi connectivity index (χ1n) is 4.69. The van der Waals surface area contributed by atoms with Crippen molar-refractivity contribution in [2.75, 3.05) is 6.26 Å². The number of nitrogens with zero attached hydrogens (tertiary/aromatic N) is 1. The van der Waals surface area contributed by atoms with Crippen molar-refractivity contribution in [2.45, 2.75) is 19.8 Å². The van der Waals surface area contributed by atoms with E-state index in [1.54, 1.807) is 0 Å². The fraction of sp³-hybridized carbons (Fsp3) is 0.500. The summed E-state index contributed by atoms with van der Waals surface area (Å²) < 4.78 is 29.4. The van der Waals surface area contributed by atoms with Gasteiger partial charge in [-0.05, 0) is 6.42 Å². The van der Waals surface area contributed by atoms with Crippen LogP contribution in [-0.4, -0.2) is 19.2 Å². The third-order valence-corrected chi connectivity index (χ3v) is 1.67. The lowest BCUT2D eigenvalue weighted by Gasteiger charge is -1.94. The molecular formula is C10H17NO3S. The van der Waals surface area contributed by atoms with Crippen molar-refractivity contribution in [1.29, 1.82) is 0 Å². The monoisotopic (exact) mass is 231 g/mol. The average molecular weight is 231 g/mol. The third kappa shape index (κ3) is 9.37. The van der Waals surface area contributed by atoms with Crippen molar-refractivity contribution in [3.8, 4) is 0 Å². The van der Waals surface area contributed by atoms with E-state index in [1.807, 2.05) is 0 Å². The summed E-state index contributed by atoms with van der Waals surface area (Å²) in [4.78, 5) is 0. The number of rotatable bonds is 2. The van der Waals surface area contributed by atoms with E-state index in [0.29, 0.717) is 6.26 Å². The Balaban J connectivity index is 0.000000336. The van der Waals surface area contributed by atoms with Gasteiger partial charge in [0.15, 0.2) is 11.9 Å². The van der Waals surface area contributed by atoms with Crippen molar-refractivity contribution in [2.24, 2.45) is 7.05 Å². The van der Waals surface area contributed by atoms with E-state index in [-0.39, 0.29) is 0 Å². The van der Waals surface area contributed by atoms with Gasteiger partial charge in [-0.3, -0.25) is 0 Å². The normalized spacial score (nSPS) is 10.4. The molecule has 86 valence electrons. The Bertz CT molecular complexity index is 379. The zero-order valence-corrected chi connectivity index (χ0v) is 10.1. The minimum atomic E-state index is -3.92. The van der Waals surface area contributed by atoms with Gasteiger partial charge >= 0.3 is 0 Å². The second-order valence-electron chi connectivity index (χ2n) is 3.26. The molecule has 0 aliphatic carbocycles. The molecule has 0 aliphatic heterocycles. The van der Waals surface area contributed by atoms with Gasteiger partial charge in [0.25, 0.3) is 0 Å². The predicted molar refractivity (Wildman–Crippen MR) is 57.2 cm³/mol. The third-order valence-electron chi connectivity index (χ3n) is 1.67. The molecule has 1 heterocycles. The molecule has 1 aromatic heterocycles. The molecule has 0 amide bonds. The zero-order chi connectivity index (χ0) is 11.9. The van der Waals surface area contributed by atoms with Gasteiger partial charge in [0.05, 0.1) is 10.1 Å². The minimum absolute atomic E-state index is 0.604. The number of aromatic nitrogens is 1. The lowest BCUT2D eigenvalue weighted by Crippen LogP contribution is -2.32. The van der Waals surface area contributed by atoms with Crippen molar-refractivity contribution < 1.29 is 17.5 Å². The van der Waals surface area contributed by atoms with E-state index in [4.69, 9.17) is 13.0 Å². The maximum Gasteiger partial charge on any atom is 0.181 e. The van der Waals surface area contributed by atoms with E-state index in [1.165, 1.54) is 18.5 Å². The molecule has 0 radical (unpaired) electrons. The molecule has 0 aliphatic rings. The summed E-state index contributed by atoms with van der Waals surface area (Å²) in [6.07, 6.45) is 5.09. The number of hydrogen-bond acceptors (Lipinski definition) is 3. The van der Waals surface area contributed by atoms with Crippen LogP contribution in [0.4, 0.5) is 0 Å². The van der Waals surface area contributed by atoms with Gasteiger partial charge in [0, 0.05) is 24.8 Å². The van der Waals surface area contributed by atoms with Gasteiger partial charge in [0.1, 0.15) is 7.05 Å². The fourth-order valence-corrected chi connectivity index (χ4v) is 1.07. The summed E-state index contributed by atoms with van der Waals surface area (Å²) in [5.74, 6) is 0. The number of hydrogen-bond donors (Lipinski definition) is 0. The van der Waals surface area contributed by atoms with Crippen LogP contribution in [0.2, 0.25) is 0 Å². The van der Waals surface area contributed by atoms with Gasteiger partial charge in [-0.1, -0.05) is 13.0 Å². The summed E-state index contributed by atoms with van der Waals surface area (Å²) in [5.41, 5.74) is 1.41. The van der Waals surface area contributed by atoms with Gasteiger partial charge < -0.3 is 4.55 Å². The van der Waals surface area contributed by atoms with E-state index in [9.17, 15) is 0 Å². The van der Waals surface area contributed by atoms with Crippen LogP contribution in [0.1, 0.15) is 19.0 Å². The summed E-state index contributed by atoms with van der Waals surface area (Å²) in [5, 5.41) is 0. The number of pyridine rings is 1. The van der Waals surface area contributed by atoms with Crippen LogP contribution >= 0.6 is 0 Å². The molecule has 0 bridgehead atoms. The Labute approximate surface area is 91.3 Å². The smallest absolute Gasteiger partial charge is 0.181 e. The maximum atomic E-state index is 9.08. The lowest BCUT2D eigenvalue weighted by molar-refractivity contribution is -0.679. The second kappa shape index (κ2) is 6.53. The first-order valence-corrected chi connectivity index (χ1v) is 6.50. The summed E-state index contributed by atoms with van der Waals surface area (Å²) >= 11 is 0. The molecule has 0 N–H and O–H groups in total. The maximum absolute atomic E-state index is 9.08. The molecular weight excluding hydrogens is 214 g/mol. The minimum Gasteiger partial charge on any atom is -0.748 e. The summed E-state index contributed by atoms with van der Waals surface area (Å²) in [7, 11) is -1.83. The van der Waals surface area contributed by atoms with E-state index in [0.717, 1.165) is 0 Å². The summed E-state index contributed by atoms with van der Waals surface area (Å²) in [6, 6.07) is 6.31. The van der Waals surface area contributed by atoms with Crippen LogP contribution < -0.4 is 4.57 Å². The topological polar surface area (TPSA) is 61.1 Å². The first-order chi connectivity index (χ1) is 6.84.